The third-order valence-electron chi connectivity index (χ3n) is 3.30. The van der Waals surface area contributed by atoms with E-state index in [1.807, 2.05) is 18.2 Å². The van der Waals surface area contributed by atoms with E-state index in [2.05, 4.69) is 50.4 Å². The van der Waals surface area contributed by atoms with E-state index in [1.165, 1.54) is 16.7 Å². The molecule has 0 aliphatic heterocycles. The monoisotopic (exact) mass is 255 g/mol. The number of para-hydroxylation sites is 1. The first-order valence-corrected chi connectivity index (χ1v) is 6.61. The van der Waals surface area contributed by atoms with Crippen molar-refractivity contribution < 1.29 is 5.11 Å². The first-order valence-electron chi connectivity index (χ1n) is 6.61. The lowest BCUT2D eigenvalue weighted by Crippen LogP contribution is -2.15. The van der Waals surface area contributed by atoms with Crippen LogP contribution in [0.2, 0.25) is 0 Å². The van der Waals surface area contributed by atoms with Crippen molar-refractivity contribution in [3.63, 3.8) is 0 Å². The van der Waals surface area contributed by atoms with Crippen LogP contribution in [0.3, 0.4) is 0 Å². The van der Waals surface area contributed by atoms with Crippen LogP contribution in [-0.4, -0.2) is 11.7 Å². The minimum absolute atomic E-state index is 0.0697. The summed E-state index contributed by atoms with van der Waals surface area (Å²) in [6.45, 7) is 6.31. The van der Waals surface area contributed by atoms with Crippen LogP contribution in [0.5, 0.6) is 0 Å². The van der Waals surface area contributed by atoms with Gasteiger partial charge >= 0.3 is 0 Å². The number of anilines is 1. The summed E-state index contributed by atoms with van der Waals surface area (Å²) in [5, 5.41) is 13.1. The number of rotatable bonds is 4. The standard InChI is InChI=1S/C17H21NO/c1-12-8-13(2)10-15(9-12)17(11-19)18-16-7-5-4-6-14(16)3/h4-10,17-19H,11H2,1-3H3. The highest BCUT2D eigenvalue weighted by Crippen LogP contribution is 2.23. The molecule has 100 valence electrons. The summed E-state index contributed by atoms with van der Waals surface area (Å²) in [5.74, 6) is 0. The van der Waals surface area contributed by atoms with Crippen molar-refractivity contribution in [3.05, 3.63) is 64.7 Å². The van der Waals surface area contributed by atoms with E-state index in [1.54, 1.807) is 0 Å². The van der Waals surface area contributed by atoms with Gasteiger partial charge in [-0.15, -0.1) is 0 Å². The average molecular weight is 255 g/mol. The Morgan fingerprint density at radius 2 is 1.63 bits per heavy atom. The Bertz CT molecular complexity index is 543. The second-order valence-corrected chi connectivity index (χ2v) is 5.12. The summed E-state index contributed by atoms with van der Waals surface area (Å²) in [4.78, 5) is 0. The van der Waals surface area contributed by atoms with Crippen LogP contribution in [0, 0.1) is 20.8 Å². The Balaban J connectivity index is 2.28. The fourth-order valence-electron chi connectivity index (χ4n) is 2.37. The lowest BCUT2D eigenvalue weighted by Gasteiger charge is -2.20. The normalized spacial score (nSPS) is 12.2. The molecule has 1 atom stereocenters. The van der Waals surface area contributed by atoms with E-state index in [-0.39, 0.29) is 12.6 Å². The smallest absolute Gasteiger partial charge is 0.0745 e. The van der Waals surface area contributed by atoms with E-state index >= 15 is 0 Å². The number of hydrogen-bond donors (Lipinski definition) is 2. The maximum absolute atomic E-state index is 9.65. The molecule has 2 heteroatoms. The molecule has 0 radical (unpaired) electrons. The molecule has 0 amide bonds. The predicted molar refractivity (Wildman–Crippen MR) is 80.5 cm³/mol. The summed E-state index contributed by atoms with van der Waals surface area (Å²) in [7, 11) is 0. The van der Waals surface area contributed by atoms with Crippen molar-refractivity contribution in [1.82, 2.24) is 0 Å². The van der Waals surface area contributed by atoms with Gasteiger partial charge in [-0.1, -0.05) is 47.5 Å². The van der Waals surface area contributed by atoms with Gasteiger partial charge < -0.3 is 10.4 Å². The minimum atomic E-state index is -0.0697. The van der Waals surface area contributed by atoms with Crippen molar-refractivity contribution in [2.45, 2.75) is 26.8 Å². The molecule has 19 heavy (non-hydrogen) atoms. The lowest BCUT2D eigenvalue weighted by atomic mass is 10.0. The van der Waals surface area contributed by atoms with Crippen molar-refractivity contribution in [2.75, 3.05) is 11.9 Å². The van der Waals surface area contributed by atoms with Gasteiger partial charge in [0.05, 0.1) is 12.6 Å². The molecule has 0 aliphatic carbocycles. The zero-order valence-corrected chi connectivity index (χ0v) is 11.8. The third kappa shape index (κ3) is 3.36. The first kappa shape index (κ1) is 13.6. The van der Waals surface area contributed by atoms with Crippen LogP contribution in [0.15, 0.2) is 42.5 Å². The largest absolute Gasteiger partial charge is 0.394 e. The molecule has 0 aliphatic rings. The van der Waals surface area contributed by atoms with Crippen LogP contribution in [0.25, 0.3) is 0 Å². The maximum Gasteiger partial charge on any atom is 0.0745 e. The molecule has 0 spiro atoms. The topological polar surface area (TPSA) is 32.3 Å². The molecule has 2 rings (SSSR count). The molecule has 2 aromatic rings. The first-order chi connectivity index (χ1) is 9.10. The number of benzene rings is 2. The van der Waals surface area contributed by atoms with Gasteiger partial charge in [-0.05, 0) is 38.0 Å². The van der Waals surface area contributed by atoms with Crippen molar-refractivity contribution in [2.24, 2.45) is 0 Å². The lowest BCUT2D eigenvalue weighted by molar-refractivity contribution is 0.276. The van der Waals surface area contributed by atoms with Crippen LogP contribution in [0.1, 0.15) is 28.3 Å². The summed E-state index contributed by atoms with van der Waals surface area (Å²) < 4.78 is 0. The van der Waals surface area contributed by atoms with Crippen LogP contribution in [-0.2, 0) is 0 Å². The second-order valence-electron chi connectivity index (χ2n) is 5.12. The highest BCUT2D eigenvalue weighted by atomic mass is 16.3. The zero-order chi connectivity index (χ0) is 13.8. The Morgan fingerprint density at radius 3 is 2.21 bits per heavy atom. The van der Waals surface area contributed by atoms with Crippen LogP contribution >= 0.6 is 0 Å². The molecule has 1 unspecified atom stereocenters. The quantitative estimate of drug-likeness (QED) is 0.872. The maximum atomic E-state index is 9.65. The predicted octanol–water partition coefficient (Wildman–Crippen LogP) is 3.76. The van der Waals surface area contributed by atoms with Gasteiger partial charge in [0.25, 0.3) is 0 Å². The van der Waals surface area contributed by atoms with Gasteiger partial charge in [0.1, 0.15) is 0 Å². The number of aliphatic hydroxyl groups excluding tert-OH is 1. The summed E-state index contributed by atoms with van der Waals surface area (Å²) in [6, 6.07) is 14.5. The molecular formula is C17H21NO. The van der Waals surface area contributed by atoms with E-state index in [9.17, 15) is 5.11 Å². The fraction of sp³-hybridized carbons (Fsp3) is 0.294. The second kappa shape index (κ2) is 5.89. The van der Waals surface area contributed by atoms with Crippen LogP contribution in [0.4, 0.5) is 5.69 Å². The minimum Gasteiger partial charge on any atom is -0.394 e. The highest BCUT2D eigenvalue weighted by molar-refractivity contribution is 5.52. The van der Waals surface area contributed by atoms with E-state index in [4.69, 9.17) is 0 Å². The summed E-state index contributed by atoms with van der Waals surface area (Å²) in [5.41, 5.74) is 5.83. The van der Waals surface area contributed by atoms with Gasteiger partial charge in [0, 0.05) is 5.69 Å². The van der Waals surface area contributed by atoms with E-state index < -0.39 is 0 Å². The SMILES string of the molecule is Cc1cc(C)cc(C(CO)Nc2ccccc2C)c1. The van der Waals surface area contributed by atoms with Crippen molar-refractivity contribution >= 4 is 5.69 Å². The van der Waals surface area contributed by atoms with Crippen LogP contribution < -0.4 is 5.32 Å². The van der Waals surface area contributed by atoms with Gasteiger partial charge in [0.15, 0.2) is 0 Å². The third-order valence-corrected chi connectivity index (χ3v) is 3.30. The van der Waals surface area contributed by atoms with Gasteiger partial charge in [-0.3, -0.25) is 0 Å². The molecular weight excluding hydrogens is 234 g/mol. The highest BCUT2D eigenvalue weighted by Gasteiger charge is 2.11. The van der Waals surface area contributed by atoms with E-state index in [0.29, 0.717) is 0 Å². The number of hydrogen-bond acceptors (Lipinski definition) is 2. The van der Waals surface area contributed by atoms with Gasteiger partial charge in [-0.2, -0.15) is 0 Å². The van der Waals surface area contributed by atoms with Crippen molar-refractivity contribution in [1.29, 1.82) is 0 Å². The Morgan fingerprint density at radius 1 is 1.00 bits per heavy atom. The molecule has 2 N–H and O–H groups in total. The molecule has 0 fully saturated rings. The molecule has 0 aromatic heterocycles. The zero-order valence-electron chi connectivity index (χ0n) is 11.8. The number of aliphatic hydroxyl groups is 1. The molecule has 2 nitrogen and oxygen atoms in total. The van der Waals surface area contributed by atoms with Crippen molar-refractivity contribution in [3.8, 4) is 0 Å². The average Bonchev–Trinajstić information content (AvgIpc) is 2.36. The summed E-state index contributed by atoms with van der Waals surface area (Å²) in [6.07, 6.45) is 0. The molecule has 0 bridgehead atoms. The van der Waals surface area contributed by atoms with Gasteiger partial charge in [0.2, 0.25) is 0 Å². The number of nitrogens with one attached hydrogen (secondary N) is 1. The fourth-order valence-corrected chi connectivity index (χ4v) is 2.37. The summed E-state index contributed by atoms with van der Waals surface area (Å²) >= 11 is 0. The Labute approximate surface area is 115 Å². The molecule has 0 saturated carbocycles. The Hall–Kier alpha value is -1.80. The Kier molecular flexibility index (Phi) is 4.23. The molecule has 0 heterocycles. The molecule has 0 saturated heterocycles. The number of aryl methyl sites for hydroxylation is 3. The van der Waals surface area contributed by atoms with E-state index in [0.717, 1.165) is 11.3 Å². The molecule has 2 aromatic carbocycles. The van der Waals surface area contributed by atoms with Gasteiger partial charge in [-0.25, -0.2) is 0 Å².